The lowest BCUT2D eigenvalue weighted by Crippen LogP contribution is -2.14. The molecule has 0 radical (unpaired) electrons. The highest BCUT2D eigenvalue weighted by molar-refractivity contribution is 5.88. The molecule has 0 bridgehead atoms. The Morgan fingerprint density at radius 2 is 1.28 bits per heavy atom. The normalized spacial score (nSPS) is 14.1. The van der Waals surface area contributed by atoms with Crippen LogP contribution in [0, 0.1) is 0 Å². The fourth-order valence-electron chi connectivity index (χ4n) is 6.65. The summed E-state index contributed by atoms with van der Waals surface area (Å²) in [6, 6.07) is 53.6. The summed E-state index contributed by atoms with van der Waals surface area (Å²) in [5.74, 6) is 0. The van der Waals surface area contributed by atoms with Crippen molar-refractivity contribution in [3.05, 3.63) is 186 Å². The molecule has 1 unspecified atom stereocenters. The van der Waals surface area contributed by atoms with Gasteiger partial charge in [0.2, 0.25) is 0 Å². The van der Waals surface area contributed by atoms with Crippen LogP contribution in [0.5, 0.6) is 0 Å². The Morgan fingerprint density at radius 1 is 0.638 bits per heavy atom. The van der Waals surface area contributed by atoms with Gasteiger partial charge in [-0.15, -0.1) is 0 Å². The Balaban J connectivity index is 1.13. The third-order valence-electron chi connectivity index (χ3n) is 9.23. The fraction of sp³-hybridized carbons (Fsp3) is 0.114. The summed E-state index contributed by atoms with van der Waals surface area (Å²) in [5, 5.41) is 7.11. The number of likely N-dealkylation sites (N-methyl/N-ethyl adjacent to an activating group) is 1. The Bertz CT molecular complexity index is 2060. The zero-order chi connectivity index (χ0) is 32.2. The first-order valence-electron chi connectivity index (χ1n) is 16.3. The number of hydrogen-bond acceptors (Lipinski definition) is 3. The van der Waals surface area contributed by atoms with E-state index in [1.54, 1.807) is 0 Å². The van der Waals surface area contributed by atoms with Gasteiger partial charge in [-0.25, -0.2) is 0 Å². The largest absolute Gasteiger partial charge is 0.355 e. The van der Waals surface area contributed by atoms with E-state index in [1.165, 1.54) is 38.9 Å². The van der Waals surface area contributed by atoms with Gasteiger partial charge in [0.05, 0.1) is 11.7 Å². The molecular weight excluding hydrogens is 571 g/mol. The van der Waals surface area contributed by atoms with Gasteiger partial charge in [0, 0.05) is 28.6 Å². The van der Waals surface area contributed by atoms with Crippen LogP contribution < -0.4 is 10.6 Å². The van der Waals surface area contributed by atoms with Crippen LogP contribution in [0.3, 0.4) is 0 Å². The minimum Gasteiger partial charge on any atom is -0.355 e. The van der Waals surface area contributed by atoms with Gasteiger partial charge in [-0.2, -0.15) is 0 Å². The van der Waals surface area contributed by atoms with Gasteiger partial charge in [-0.05, 0) is 81.9 Å². The van der Waals surface area contributed by atoms with E-state index in [2.05, 4.69) is 170 Å². The quantitative estimate of drug-likeness (QED) is 0.160. The predicted molar refractivity (Wildman–Crippen MR) is 199 cm³/mol. The summed E-state index contributed by atoms with van der Waals surface area (Å²) in [7, 11) is 1.98. The summed E-state index contributed by atoms with van der Waals surface area (Å²) in [4.78, 5) is 4.98. The van der Waals surface area contributed by atoms with E-state index in [4.69, 9.17) is 4.99 Å². The number of rotatable bonds is 9. The molecule has 0 fully saturated rings. The lowest BCUT2D eigenvalue weighted by atomic mass is 9.81. The molecule has 3 nitrogen and oxygen atoms in total. The Labute approximate surface area is 278 Å². The highest BCUT2D eigenvalue weighted by atomic mass is 14.9. The molecular formula is C44H39N3. The summed E-state index contributed by atoms with van der Waals surface area (Å²) < 4.78 is 0. The number of nitrogens with zero attached hydrogens (tertiary/aromatic N) is 1. The maximum absolute atomic E-state index is 4.98. The summed E-state index contributed by atoms with van der Waals surface area (Å²) >= 11 is 0. The average molecular weight is 610 g/mol. The maximum Gasteiger partial charge on any atom is 0.0681 e. The van der Waals surface area contributed by atoms with Crippen molar-refractivity contribution in [1.82, 2.24) is 5.32 Å². The molecule has 0 aliphatic heterocycles. The molecule has 7 rings (SSSR count). The third kappa shape index (κ3) is 6.18. The lowest BCUT2D eigenvalue weighted by Gasteiger charge is -2.22. The Morgan fingerprint density at radius 3 is 2.02 bits per heavy atom. The van der Waals surface area contributed by atoms with Crippen molar-refractivity contribution in [3.8, 4) is 22.3 Å². The zero-order valence-electron chi connectivity index (χ0n) is 27.1. The first-order chi connectivity index (χ1) is 23.0. The molecule has 0 heterocycles. The fourth-order valence-corrected chi connectivity index (χ4v) is 6.65. The second-order valence-electron chi connectivity index (χ2n) is 12.6. The van der Waals surface area contributed by atoms with Crippen LogP contribution in [0.4, 0.5) is 11.4 Å². The monoisotopic (exact) mass is 609 g/mol. The van der Waals surface area contributed by atoms with E-state index in [0.717, 1.165) is 28.2 Å². The Kier molecular flexibility index (Phi) is 8.39. The summed E-state index contributed by atoms with van der Waals surface area (Å²) in [6.07, 6.45) is 4.13. The highest BCUT2D eigenvalue weighted by Crippen LogP contribution is 2.49. The van der Waals surface area contributed by atoms with Gasteiger partial charge < -0.3 is 10.6 Å². The standard InChI is InChI=1S/C44H39N3/c1-44(2)39-20-12-10-19-37(39)38-27-24-34(28-40(38)44)36-18-11-13-21-41(36)47-35-25-22-31(23-26-35)30-46-43(33-16-8-5-9-17-33)29-42(45-3)32-14-6-4-7-15-32/h4-30,42,45,47H,1-3H3/b43-29-,46-30?. The Hall–Kier alpha value is -5.51. The van der Waals surface area contributed by atoms with Crippen LogP contribution in [0.1, 0.15) is 47.7 Å². The minimum atomic E-state index is -0.0350. The van der Waals surface area contributed by atoms with E-state index >= 15 is 0 Å². The second-order valence-corrected chi connectivity index (χ2v) is 12.6. The second kappa shape index (κ2) is 13.1. The van der Waals surface area contributed by atoms with Gasteiger partial charge in [0.1, 0.15) is 0 Å². The van der Waals surface area contributed by atoms with Crippen molar-refractivity contribution < 1.29 is 0 Å². The number of para-hydroxylation sites is 1. The molecule has 47 heavy (non-hydrogen) atoms. The van der Waals surface area contributed by atoms with E-state index in [1.807, 2.05) is 25.4 Å². The molecule has 0 spiro atoms. The van der Waals surface area contributed by atoms with Gasteiger partial charge in [0.25, 0.3) is 0 Å². The molecule has 1 aliphatic rings. The van der Waals surface area contributed by atoms with Crippen molar-refractivity contribution in [3.63, 3.8) is 0 Å². The SMILES string of the molecule is CNC(/C=C(\N=Cc1ccc(Nc2ccccc2-c2ccc3c(c2)C(C)(C)c2ccccc2-3)cc1)c1ccccc1)c1ccccc1. The van der Waals surface area contributed by atoms with Gasteiger partial charge >= 0.3 is 0 Å². The highest BCUT2D eigenvalue weighted by Gasteiger charge is 2.35. The molecule has 0 saturated carbocycles. The molecule has 6 aromatic rings. The van der Waals surface area contributed by atoms with Crippen LogP contribution in [0.25, 0.3) is 28.0 Å². The molecule has 0 saturated heterocycles. The molecule has 1 atom stereocenters. The van der Waals surface area contributed by atoms with Gasteiger partial charge in [-0.1, -0.05) is 141 Å². The number of hydrogen-bond donors (Lipinski definition) is 2. The molecule has 0 amide bonds. The summed E-state index contributed by atoms with van der Waals surface area (Å²) in [5.41, 5.74) is 14.2. The van der Waals surface area contributed by atoms with Crippen LogP contribution in [0.2, 0.25) is 0 Å². The molecule has 2 N–H and O–H groups in total. The van der Waals surface area contributed by atoms with E-state index in [-0.39, 0.29) is 11.5 Å². The van der Waals surface area contributed by atoms with Gasteiger partial charge in [0.15, 0.2) is 0 Å². The smallest absolute Gasteiger partial charge is 0.0681 e. The average Bonchev–Trinajstić information content (AvgIpc) is 3.35. The van der Waals surface area contributed by atoms with Crippen molar-refractivity contribution in [2.75, 3.05) is 12.4 Å². The van der Waals surface area contributed by atoms with E-state index in [0.29, 0.717) is 0 Å². The third-order valence-corrected chi connectivity index (χ3v) is 9.23. The minimum absolute atomic E-state index is 0.0350. The van der Waals surface area contributed by atoms with Gasteiger partial charge in [-0.3, -0.25) is 4.99 Å². The number of anilines is 2. The molecule has 0 aromatic heterocycles. The molecule has 230 valence electrons. The van der Waals surface area contributed by atoms with Crippen LogP contribution >= 0.6 is 0 Å². The molecule has 6 aromatic carbocycles. The summed E-state index contributed by atoms with van der Waals surface area (Å²) in [6.45, 7) is 4.66. The van der Waals surface area contributed by atoms with Crippen LogP contribution in [0.15, 0.2) is 163 Å². The van der Waals surface area contributed by atoms with Crippen molar-refractivity contribution >= 4 is 23.3 Å². The van der Waals surface area contributed by atoms with Crippen LogP contribution in [-0.2, 0) is 5.41 Å². The number of nitrogens with one attached hydrogen (secondary N) is 2. The van der Waals surface area contributed by atoms with Crippen LogP contribution in [-0.4, -0.2) is 13.3 Å². The maximum atomic E-state index is 4.98. The predicted octanol–water partition coefficient (Wildman–Crippen LogP) is 10.8. The number of fused-ring (bicyclic) bond motifs is 3. The molecule has 1 aliphatic carbocycles. The topological polar surface area (TPSA) is 36.4 Å². The first kappa shape index (κ1) is 30.2. The van der Waals surface area contributed by atoms with E-state index in [9.17, 15) is 0 Å². The van der Waals surface area contributed by atoms with Crippen molar-refractivity contribution in [1.29, 1.82) is 0 Å². The lowest BCUT2D eigenvalue weighted by molar-refractivity contribution is 0.660. The zero-order valence-corrected chi connectivity index (χ0v) is 27.1. The number of aliphatic imine (C=N–C) groups is 1. The van der Waals surface area contributed by atoms with Crippen molar-refractivity contribution in [2.45, 2.75) is 25.3 Å². The molecule has 3 heteroatoms. The number of benzene rings is 6. The van der Waals surface area contributed by atoms with Crippen molar-refractivity contribution in [2.24, 2.45) is 4.99 Å². The first-order valence-corrected chi connectivity index (χ1v) is 16.3. The van der Waals surface area contributed by atoms with E-state index < -0.39 is 0 Å².